The number of hydrazine groups is 1. The van der Waals surface area contributed by atoms with Crippen molar-refractivity contribution in [1.82, 2.24) is 15.8 Å². The normalized spacial score (nSPS) is 10.1. The highest BCUT2D eigenvalue weighted by atomic mass is 32.2. The van der Waals surface area contributed by atoms with Gasteiger partial charge in [0.15, 0.2) is 12.4 Å². The Labute approximate surface area is 165 Å². The van der Waals surface area contributed by atoms with Gasteiger partial charge in [0.25, 0.3) is 5.91 Å². The third-order valence-corrected chi connectivity index (χ3v) is 4.41. The van der Waals surface area contributed by atoms with Crippen LogP contribution in [0.4, 0.5) is 0 Å². The highest BCUT2D eigenvalue weighted by Crippen LogP contribution is 2.23. The molecule has 1 aromatic heterocycles. The zero-order valence-electron chi connectivity index (χ0n) is 15.3. The van der Waals surface area contributed by atoms with Gasteiger partial charge in [-0.1, -0.05) is 12.1 Å². The molecule has 0 aliphatic heterocycles. The predicted octanol–water partition coefficient (Wildman–Crippen LogP) is 1.08. The minimum Gasteiger partial charge on any atom is -0.459 e. The van der Waals surface area contributed by atoms with Gasteiger partial charge in [-0.2, -0.15) is 0 Å². The summed E-state index contributed by atoms with van der Waals surface area (Å²) in [5.74, 6) is -1.99. The molecule has 0 radical (unpaired) electrons. The summed E-state index contributed by atoms with van der Waals surface area (Å²) in [6.07, 6.45) is 1.32. The van der Waals surface area contributed by atoms with Gasteiger partial charge in [0.2, 0.25) is 5.91 Å². The van der Waals surface area contributed by atoms with Crippen molar-refractivity contribution in [3.63, 3.8) is 0 Å². The summed E-state index contributed by atoms with van der Waals surface area (Å²) in [6.45, 7) is -0.590. The maximum Gasteiger partial charge on any atom is 0.339 e. The summed E-state index contributed by atoms with van der Waals surface area (Å²) in [7, 11) is 3.29. The van der Waals surface area contributed by atoms with Crippen LogP contribution in [0.15, 0.2) is 52.0 Å². The molecule has 0 aliphatic rings. The number of furan rings is 1. The highest BCUT2D eigenvalue weighted by Gasteiger charge is 2.16. The molecule has 2 aromatic rings. The van der Waals surface area contributed by atoms with Gasteiger partial charge in [-0.3, -0.25) is 25.2 Å². The van der Waals surface area contributed by atoms with E-state index in [0.29, 0.717) is 4.90 Å². The molecule has 1 heterocycles. The number of nitrogens with zero attached hydrogens (tertiary/aromatic N) is 1. The fourth-order valence-corrected chi connectivity index (χ4v) is 2.89. The summed E-state index contributed by atoms with van der Waals surface area (Å²) in [5, 5.41) is 0. The Kier molecular flexibility index (Phi) is 7.64. The quantitative estimate of drug-likeness (QED) is 0.402. The number of rotatable bonds is 7. The minimum atomic E-state index is -0.721. The summed E-state index contributed by atoms with van der Waals surface area (Å²) in [4.78, 5) is 49.4. The van der Waals surface area contributed by atoms with Crippen LogP contribution in [0.25, 0.3) is 0 Å². The maximum atomic E-state index is 12.3. The minimum absolute atomic E-state index is 0.0236. The first-order valence-electron chi connectivity index (χ1n) is 8.10. The van der Waals surface area contributed by atoms with E-state index in [0.717, 1.165) is 0 Å². The molecule has 2 rings (SSSR count). The first-order chi connectivity index (χ1) is 13.4. The van der Waals surface area contributed by atoms with Crippen molar-refractivity contribution in [3.05, 3.63) is 54.0 Å². The highest BCUT2D eigenvalue weighted by molar-refractivity contribution is 8.00. The van der Waals surface area contributed by atoms with Gasteiger partial charge >= 0.3 is 11.9 Å². The van der Waals surface area contributed by atoms with Gasteiger partial charge in [-0.25, -0.2) is 4.79 Å². The van der Waals surface area contributed by atoms with Crippen LogP contribution in [0.1, 0.15) is 20.9 Å². The van der Waals surface area contributed by atoms with Crippen LogP contribution in [0, 0.1) is 0 Å². The molecule has 0 aliphatic carbocycles. The Morgan fingerprint density at radius 1 is 1.07 bits per heavy atom. The lowest BCUT2D eigenvalue weighted by molar-refractivity contribution is -0.126. The molecule has 10 heteroatoms. The van der Waals surface area contributed by atoms with Crippen LogP contribution in [-0.4, -0.2) is 55.0 Å². The lowest BCUT2D eigenvalue weighted by Gasteiger charge is -2.12. The van der Waals surface area contributed by atoms with E-state index in [9.17, 15) is 19.2 Å². The van der Waals surface area contributed by atoms with E-state index in [2.05, 4.69) is 10.9 Å². The average Bonchev–Trinajstić information content (AvgIpc) is 3.23. The van der Waals surface area contributed by atoms with Crippen molar-refractivity contribution in [2.75, 3.05) is 26.5 Å². The van der Waals surface area contributed by atoms with E-state index in [1.807, 2.05) is 0 Å². The molecule has 28 heavy (non-hydrogen) atoms. The third kappa shape index (κ3) is 6.16. The number of ether oxygens (including phenoxy) is 1. The molecular formula is C18H19N3O6S. The fourth-order valence-electron chi connectivity index (χ4n) is 1.87. The van der Waals surface area contributed by atoms with E-state index < -0.39 is 24.4 Å². The third-order valence-electron chi connectivity index (χ3n) is 3.35. The van der Waals surface area contributed by atoms with Crippen LogP contribution in [0.5, 0.6) is 0 Å². The number of benzene rings is 1. The van der Waals surface area contributed by atoms with E-state index in [4.69, 9.17) is 9.15 Å². The van der Waals surface area contributed by atoms with Crippen molar-refractivity contribution in [3.8, 4) is 0 Å². The van der Waals surface area contributed by atoms with E-state index in [1.54, 1.807) is 38.4 Å². The lowest BCUT2D eigenvalue weighted by Crippen LogP contribution is -2.43. The van der Waals surface area contributed by atoms with Crippen molar-refractivity contribution in [1.29, 1.82) is 0 Å². The second-order valence-electron chi connectivity index (χ2n) is 5.63. The Balaban J connectivity index is 1.84. The molecule has 0 saturated heterocycles. The lowest BCUT2D eigenvalue weighted by atomic mass is 10.2. The van der Waals surface area contributed by atoms with Gasteiger partial charge < -0.3 is 14.1 Å². The molecule has 0 saturated carbocycles. The molecule has 0 spiro atoms. The second kappa shape index (κ2) is 10.2. The Morgan fingerprint density at radius 3 is 2.50 bits per heavy atom. The van der Waals surface area contributed by atoms with Crippen LogP contribution in [-0.2, 0) is 14.3 Å². The number of thioether (sulfide) groups is 1. The van der Waals surface area contributed by atoms with Crippen molar-refractivity contribution in [2.45, 2.75) is 4.90 Å². The predicted molar refractivity (Wildman–Crippen MR) is 100 cm³/mol. The Bertz CT molecular complexity index is 851. The van der Waals surface area contributed by atoms with Gasteiger partial charge in [0.05, 0.1) is 17.6 Å². The molecular weight excluding hydrogens is 386 g/mol. The van der Waals surface area contributed by atoms with Gasteiger partial charge in [-0.15, -0.1) is 11.8 Å². The summed E-state index contributed by atoms with van der Waals surface area (Å²) in [5.41, 5.74) is 4.49. The Morgan fingerprint density at radius 2 is 1.82 bits per heavy atom. The smallest absolute Gasteiger partial charge is 0.339 e. The van der Waals surface area contributed by atoms with Crippen LogP contribution >= 0.6 is 11.8 Å². The summed E-state index contributed by atoms with van der Waals surface area (Å²) in [6, 6.07) is 9.57. The van der Waals surface area contributed by atoms with E-state index in [-0.39, 0.29) is 23.0 Å². The summed E-state index contributed by atoms with van der Waals surface area (Å²) >= 11 is 1.20. The molecule has 148 valence electrons. The monoisotopic (exact) mass is 405 g/mol. The van der Waals surface area contributed by atoms with Crippen molar-refractivity contribution in [2.24, 2.45) is 0 Å². The molecule has 2 N–H and O–H groups in total. The van der Waals surface area contributed by atoms with Crippen LogP contribution < -0.4 is 10.9 Å². The SMILES string of the molecule is CN(C)C(=O)CSc1ccccc1C(=O)OCC(=O)NNC(=O)c1ccco1. The second-order valence-corrected chi connectivity index (χ2v) is 6.65. The van der Waals surface area contributed by atoms with Gasteiger partial charge in [0, 0.05) is 19.0 Å². The number of hydrogen-bond acceptors (Lipinski definition) is 7. The molecule has 0 unspecified atom stereocenters. The zero-order chi connectivity index (χ0) is 20.5. The number of carbonyl (C=O) groups excluding carboxylic acids is 4. The Hall–Kier alpha value is -3.27. The molecule has 1 aromatic carbocycles. The average molecular weight is 405 g/mol. The molecule has 0 fully saturated rings. The van der Waals surface area contributed by atoms with Crippen molar-refractivity contribution < 1.29 is 28.3 Å². The standard InChI is InChI=1S/C18H19N3O6S/c1-21(2)16(23)11-28-14-8-4-3-6-12(14)18(25)27-10-15(22)19-20-17(24)13-7-5-9-26-13/h3-9H,10-11H2,1-2H3,(H,19,22)(H,20,24). The molecule has 0 bridgehead atoms. The zero-order valence-corrected chi connectivity index (χ0v) is 16.1. The van der Waals surface area contributed by atoms with Gasteiger partial charge in [0.1, 0.15) is 0 Å². The molecule has 9 nitrogen and oxygen atoms in total. The largest absolute Gasteiger partial charge is 0.459 e. The fraction of sp³-hybridized carbons (Fsp3) is 0.222. The van der Waals surface area contributed by atoms with Crippen molar-refractivity contribution >= 4 is 35.5 Å². The van der Waals surface area contributed by atoms with E-state index >= 15 is 0 Å². The van der Waals surface area contributed by atoms with Gasteiger partial charge in [-0.05, 0) is 24.3 Å². The first-order valence-corrected chi connectivity index (χ1v) is 9.09. The maximum absolute atomic E-state index is 12.3. The topological polar surface area (TPSA) is 118 Å². The first kappa shape index (κ1) is 21.0. The molecule has 3 amide bonds. The van der Waals surface area contributed by atoms with Crippen LogP contribution in [0.3, 0.4) is 0 Å². The number of hydrogen-bond donors (Lipinski definition) is 2. The number of nitrogens with one attached hydrogen (secondary N) is 2. The number of amides is 3. The number of esters is 1. The van der Waals surface area contributed by atoms with Crippen LogP contribution in [0.2, 0.25) is 0 Å². The van der Waals surface area contributed by atoms with E-state index in [1.165, 1.54) is 35.1 Å². The summed E-state index contributed by atoms with van der Waals surface area (Å²) < 4.78 is 9.85. The molecule has 0 atom stereocenters. The number of carbonyl (C=O) groups is 4.